The van der Waals surface area contributed by atoms with E-state index in [1.807, 2.05) is 11.8 Å². The van der Waals surface area contributed by atoms with Crippen molar-refractivity contribution in [3.05, 3.63) is 0 Å². The molecule has 1 heterocycles. The van der Waals surface area contributed by atoms with Gasteiger partial charge in [-0.15, -0.1) is 11.8 Å². The lowest BCUT2D eigenvalue weighted by Crippen LogP contribution is -2.33. The molecule has 0 aromatic rings. The van der Waals surface area contributed by atoms with E-state index in [0.717, 1.165) is 31.0 Å². The lowest BCUT2D eigenvalue weighted by atomic mass is 9.99. The number of hydrogen-bond donors (Lipinski definition) is 0. The zero-order valence-electron chi connectivity index (χ0n) is 8.71. The largest absolute Gasteiger partial charge is 0.332 e. The minimum absolute atomic E-state index is 0.358. The van der Waals surface area contributed by atoms with Gasteiger partial charge in [0, 0.05) is 18.2 Å². The molecule has 14 heavy (non-hydrogen) atoms. The summed E-state index contributed by atoms with van der Waals surface area (Å²) < 4.78 is 0. The maximum absolute atomic E-state index is 12.1. The van der Waals surface area contributed by atoms with Gasteiger partial charge in [0.05, 0.1) is 5.88 Å². The molecule has 1 amide bonds. The molecule has 2 aliphatic rings. The van der Waals surface area contributed by atoms with Gasteiger partial charge in [0.1, 0.15) is 0 Å². The van der Waals surface area contributed by atoms with Crippen molar-refractivity contribution in [1.29, 1.82) is 0 Å². The molecule has 0 N–H and O–H groups in total. The van der Waals surface area contributed by atoms with Crippen molar-refractivity contribution in [3.8, 4) is 0 Å². The van der Waals surface area contributed by atoms with Crippen LogP contribution in [0.25, 0.3) is 0 Å². The van der Waals surface area contributed by atoms with Gasteiger partial charge >= 0.3 is 0 Å². The highest BCUT2D eigenvalue weighted by atomic mass is 32.2. The highest BCUT2D eigenvalue weighted by molar-refractivity contribution is 7.99. The number of carbonyl (C=O) groups is 1. The molecule has 3 heteroatoms. The van der Waals surface area contributed by atoms with E-state index in [1.165, 1.54) is 25.7 Å². The van der Waals surface area contributed by atoms with Gasteiger partial charge in [-0.1, -0.05) is 25.7 Å². The summed E-state index contributed by atoms with van der Waals surface area (Å²) in [6, 6.07) is 0. The van der Waals surface area contributed by atoms with Crippen molar-refractivity contribution < 1.29 is 4.79 Å². The SMILES string of the molecule is O=C(C1CCCCCC1)N1CCSC1. The maximum Gasteiger partial charge on any atom is 0.226 e. The summed E-state index contributed by atoms with van der Waals surface area (Å²) >= 11 is 1.88. The van der Waals surface area contributed by atoms with Crippen molar-refractivity contribution in [2.75, 3.05) is 18.2 Å². The molecule has 2 fully saturated rings. The molecule has 0 unspecified atom stereocenters. The number of nitrogens with zero attached hydrogens (tertiary/aromatic N) is 1. The molecule has 1 aliphatic heterocycles. The topological polar surface area (TPSA) is 20.3 Å². The van der Waals surface area contributed by atoms with Crippen LogP contribution in [0.2, 0.25) is 0 Å². The molecule has 0 atom stereocenters. The number of thioether (sulfide) groups is 1. The Labute approximate surface area is 90.4 Å². The first kappa shape index (κ1) is 10.3. The molecule has 0 aromatic heterocycles. The predicted molar refractivity (Wildman–Crippen MR) is 60.2 cm³/mol. The van der Waals surface area contributed by atoms with Crippen LogP contribution in [-0.4, -0.2) is 29.0 Å². The molecule has 2 rings (SSSR count). The van der Waals surface area contributed by atoms with Crippen molar-refractivity contribution in [1.82, 2.24) is 4.90 Å². The Bertz CT molecular complexity index is 193. The molecule has 1 saturated carbocycles. The molecule has 0 bridgehead atoms. The van der Waals surface area contributed by atoms with Crippen LogP contribution in [-0.2, 0) is 4.79 Å². The Kier molecular flexibility index (Phi) is 3.74. The van der Waals surface area contributed by atoms with Crippen molar-refractivity contribution >= 4 is 17.7 Å². The maximum atomic E-state index is 12.1. The lowest BCUT2D eigenvalue weighted by Gasteiger charge is -2.21. The van der Waals surface area contributed by atoms with E-state index in [4.69, 9.17) is 0 Å². The number of amides is 1. The lowest BCUT2D eigenvalue weighted by molar-refractivity contribution is -0.134. The second-order valence-electron chi connectivity index (χ2n) is 4.33. The van der Waals surface area contributed by atoms with Crippen LogP contribution >= 0.6 is 11.8 Å². The van der Waals surface area contributed by atoms with Gasteiger partial charge < -0.3 is 4.90 Å². The first-order valence-electron chi connectivity index (χ1n) is 5.74. The first-order chi connectivity index (χ1) is 6.88. The quantitative estimate of drug-likeness (QED) is 0.624. The molecular formula is C11H19NOS. The van der Waals surface area contributed by atoms with Crippen molar-refractivity contribution in [2.45, 2.75) is 38.5 Å². The summed E-state index contributed by atoms with van der Waals surface area (Å²) in [4.78, 5) is 14.1. The van der Waals surface area contributed by atoms with E-state index in [0.29, 0.717) is 11.8 Å². The monoisotopic (exact) mass is 213 g/mol. The van der Waals surface area contributed by atoms with Crippen LogP contribution in [0.4, 0.5) is 0 Å². The van der Waals surface area contributed by atoms with Crippen molar-refractivity contribution in [2.24, 2.45) is 5.92 Å². The van der Waals surface area contributed by atoms with Crippen LogP contribution < -0.4 is 0 Å². The third-order valence-electron chi connectivity index (χ3n) is 3.27. The first-order valence-corrected chi connectivity index (χ1v) is 6.90. The molecule has 2 nitrogen and oxygen atoms in total. The normalized spacial score (nSPS) is 25.0. The summed E-state index contributed by atoms with van der Waals surface area (Å²) in [6.45, 7) is 0.986. The van der Waals surface area contributed by atoms with Crippen LogP contribution in [0.1, 0.15) is 38.5 Å². The number of carbonyl (C=O) groups excluding carboxylic acids is 1. The highest BCUT2D eigenvalue weighted by Crippen LogP contribution is 2.26. The van der Waals surface area contributed by atoms with Gasteiger partial charge in [0.25, 0.3) is 0 Å². The van der Waals surface area contributed by atoms with Gasteiger partial charge in [0.15, 0.2) is 0 Å². The van der Waals surface area contributed by atoms with Crippen LogP contribution in [0.3, 0.4) is 0 Å². The van der Waals surface area contributed by atoms with Crippen LogP contribution in [0, 0.1) is 5.92 Å². The molecule has 0 aromatic carbocycles. The van der Waals surface area contributed by atoms with E-state index >= 15 is 0 Å². The molecule has 1 aliphatic carbocycles. The van der Waals surface area contributed by atoms with Gasteiger partial charge in [-0.05, 0) is 12.8 Å². The molecule has 1 saturated heterocycles. The molecular weight excluding hydrogens is 194 g/mol. The van der Waals surface area contributed by atoms with Gasteiger partial charge in [0.2, 0.25) is 5.91 Å². The highest BCUT2D eigenvalue weighted by Gasteiger charge is 2.26. The fraction of sp³-hybridized carbons (Fsp3) is 0.909. The molecule has 0 spiro atoms. The Morgan fingerprint density at radius 1 is 1.14 bits per heavy atom. The number of rotatable bonds is 1. The standard InChI is InChI=1S/C11H19NOS/c13-11(12-7-8-14-9-12)10-5-3-1-2-4-6-10/h10H,1-9H2. The smallest absolute Gasteiger partial charge is 0.226 e. The third-order valence-corrected chi connectivity index (χ3v) is 4.23. The van der Waals surface area contributed by atoms with Crippen LogP contribution in [0.15, 0.2) is 0 Å². The van der Waals surface area contributed by atoms with Gasteiger partial charge in [-0.25, -0.2) is 0 Å². The van der Waals surface area contributed by atoms with E-state index in [-0.39, 0.29) is 0 Å². The Hall–Kier alpha value is -0.180. The number of hydrogen-bond acceptors (Lipinski definition) is 2. The van der Waals surface area contributed by atoms with E-state index in [1.54, 1.807) is 0 Å². The molecule has 80 valence electrons. The van der Waals surface area contributed by atoms with Crippen molar-refractivity contribution in [3.63, 3.8) is 0 Å². The van der Waals surface area contributed by atoms with E-state index in [2.05, 4.69) is 4.90 Å². The third kappa shape index (κ3) is 2.44. The van der Waals surface area contributed by atoms with Gasteiger partial charge in [-0.2, -0.15) is 0 Å². The average molecular weight is 213 g/mol. The van der Waals surface area contributed by atoms with Crippen LogP contribution in [0.5, 0.6) is 0 Å². The van der Waals surface area contributed by atoms with Gasteiger partial charge in [-0.3, -0.25) is 4.79 Å². The predicted octanol–water partition coefficient (Wildman–Crippen LogP) is 2.49. The van der Waals surface area contributed by atoms with E-state index in [9.17, 15) is 4.79 Å². The summed E-state index contributed by atoms with van der Waals surface area (Å²) in [7, 11) is 0. The summed E-state index contributed by atoms with van der Waals surface area (Å²) in [5.74, 6) is 2.88. The summed E-state index contributed by atoms with van der Waals surface area (Å²) in [6.07, 6.45) is 7.46. The second-order valence-corrected chi connectivity index (χ2v) is 5.40. The minimum atomic E-state index is 0.358. The zero-order chi connectivity index (χ0) is 9.80. The zero-order valence-corrected chi connectivity index (χ0v) is 9.52. The Balaban J connectivity index is 1.88. The average Bonchev–Trinajstić information content (AvgIpc) is 2.59. The molecule has 0 radical (unpaired) electrons. The second kappa shape index (κ2) is 5.06. The summed E-state index contributed by atoms with van der Waals surface area (Å²) in [5.41, 5.74) is 0. The Morgan fingerprint density at radius 3 is 2.43 bits per heavy atom. The van der Waals surface area contributed by atoms with E-state index < -0.39 is 0 Å². The minimum Gasteiger partial charge on any atom is -0.332 e. The summed E-state index contributed by atoms with van der Waals surface area (Å²) in [5, 5.41) is 0. The fourth-order valence-electron chi connectivity index (χ4n) is 2.37. The Morgan fingerprint density at radius 2 is 1.86 bits per heavy atom. The fourth-order valence-corrected chi connectivity index (χ4v) is 3.33.